The SMILES string of the molecule is CCCn1ncnc1CC(NCC)C1CCCOC1. The zero-order chi connectivity index (χ0) is 13.5. The van der Waals surface area contributed by atoms with Crippen LogP contribution in [0.5, 0.6) is 0 Å². The second-order valence-electron chi connectivity index (χ2n) is 5.24. The Hall–Kier alpha value is -0.940. The summed E-state index contributed by atoms with van der Waals surface area (Å²) < 4.78 is 7.66. The lowest BCUT2D eigenvalue weighted by atomic mass is 9.91. The zero-order valence-electron chi connectivity index (χ0n) is 12.1. The van der Waals surface area contributed by atoms with Gasteiger partial charge in [-0.15, -0.1) is 0 Å². The zero-order valence-corrected chi connectivity index (χ0v) is 12.1. The lowest BCUT2D eigenvalue weighted by Crippen LogP contribution is -2.42. The van der Waals surface area contributed by atoms with E-state index in [0.717, 1.165) is 45.0 Å². The van der Waals surface area contributed by atoms with Crippen LogP contribution in [0.15, 0.2) is 6.33 Å². The third kappa shape index (κ3) is 4.01. The number of likely N-dealkylation sites (N-methyl/N-ethyl adjacent to an activating group) is 1. The van der Waals surface area contributed by atoms with Crippen LogP contribution in [-0.4, -0.2) is 40.6 Å². The summed E-state index contributed by atoms with van der Waals surface area (Å²) in [6.07, 6.45) is 6.13. The van der Waals surface area contributed by atoms with Gasteiger partial charge in [0.1, 0.15) is 12.2 Å². The first-order valence-electron chi connectivity index (χ1n) is 7.53. The van der Waals surface area contributed by atoms with Crippen LogP contribution >= 0.6 is 0 Å². The number of aromatic nitrogens is 3. The highest BCUT2D eigenvalue weighted by molar-refractivity contribution is 4.93. The normalized spacial score (nSPS) is 21.5. The smallest absolute Gasteiger partial charge is 0.138 e. The standard InChI is InChI=1S/C14H26N4O/c1-3-7-18-14(16-11-17-18)9-13(15-4-2)12-6-5-8-19-10-12/h11-13,15H,3-10H2,1-2H3. The number of ether oxygens (including phenoxy) is 1. The molecule has 0 saturated carbocycles. The van der Waals surface area contributed by atoms with Crippen molar-refractivity contribution in [3.63, 3.8) is 0 Å². The molecule has 0 amide bonds. The lowest BCUT2D eigenvalue weighted by Gasteiger charge is -2.30. The van der Waals surface area contributed by atoms with Gasteiger partial charge in [0.25, 0.3) is 0 Å². The van der Waals surface area contributed by atoms with E-state index < -0.39 is 0 Å². The summed E-state index contributed by atoms with van der Waals surface area (Å²) in [5, 5.41) is 7.91. The molecular formula is C14H26N4O. The van der Waals surface area contributed by atoms with Gasteiger partial charge in [0.15, 0.2) is 0 Å². The van der Waals surface area contributed by atoms with E-state index in [1.165, 1.54) is 12.8 Å². The quantitative estimate of drug-likeness (QED) is 0.815. The largest absolute Gasteiger partial charge is 0.381 e. The fourth-order valence-corrected chi connectivity index (χ4v) is 2.79. The predicted octanol–water partition coefficient (Wildman–Crippen LogP) is 1.64. The van der Waals surface area contributed by atoms with Gasteiger partial charge in [-0.1, -0.05) is 13.8 Å². The van der Waals surface area contributed by atoms with Crippen molar-refractivity contribution in [2.45, 2.75) is 52.1 Å². The average molecular weight is 266 g/mol. The number of aryl methyl sites for hydroxylation is 1. The van der Waals surface area contributed by atoms with Gasteiger partial charge in [-0.05, 0) is 31.7 Å². The maximum Gasteiger partial charge on any atom is 0.138 e. The number of hydrogen-bond donors (Lipinski definition) is 1. The first-order chi connectivity index (χ1) is 9.35. The van der Waals surface area contributed by atoms with Crippen LogP contribution in [0, 0.1) is 5.92 Å². The molecule has 2 unspecified atom stereocenters. The molecular weight excluding hydrogens is 240 g/mol. The van der Waals surface area contributed by atoms with Gasteiger partial charge in [0, 0.05) is 25.6 Å². The Bertz CT molecular complexity index is 360. The van der Waals surface area contributed by atoms with Crippen LogP contribution in [0.2, 0.25) is 0 Å². The molecule has 1 aromatic rings. The van der Waals surface area contributed by atoms with Crippen LogP contribution in [0.3, 0.4) is 0 Å². The minimum absolute atomic E-state index is 0.449. The monoisotopic (exact) mass is 266 g/mol. The van der Waals surface area contributed by atoms with Crippen LogP contribution < -0.4 is 5.32 Å². The van der Waals surface area contributed by atoms with Crippen LogP contribution in [0.1, 0.15) is 38.9 Å². The third-order valence-electron chi connectivity index (χ3n) is 3.76. The molecule has 5 nitrogen and oxygen atoms in total. The Morgan fingerprint density at radius 3 is 3.11 bits per heavy atom. The molecule has 1 fully saturated rings. The highest BCUT2D eigenvalue weighted by atomic mass is 16.5. The van der Waals surface area contributed by atoms with Crippen molar-refractivity contribution in [3.8, 4) is 0 Å². The summed E-state index contributed by atoms with van der Waals surface area (Å²) in [6, 6.07) is 0.449. The number of rotatable bonds is 7. The number of hydrogen-bond acceptors (Lipinski definition) is 4. The minimum Gasteiger partial charge on any atom is -0.381 e. The highest BCUT2D eigenvalue weighted by Gasteiger charge is 2.25. The topological polar surface area (TPSA) is 52.0 Å². The maximum absolute atomic E-state index is 5.62. The van der Waals surface area contributed by atoms with Crippen LogP contribution in [0.25, 0.3) is 0 Å². The van der Waals surface area contributed by atoms with E-state index in [1.807, 2.05) is 4.68 Å². The number of nitrogens with one attached hydrogen (secondary N) is 1. The summed E-state index contributed by atoms with van der Waals surface area (Å²) in [4.78, 5) is 4.42. The molecule has 0 radical (unpaired) electrons. The van der Waals surface area contributed by atoms with Crippen molar-refractivity contribution in [1.82, 2.24) is 20.1 Å². The van der Waals surface area contributed by atoms with Crippen LogP contribution in [-0.2, 0) is 17.7 Å². The Morgan fingerprint density at radius 2 is 2.42 bits per heavy atom. The molecule has 2 rings (SSSR count). The van der Waals surface area contributed by atoms with Gasteiger partial charge in [0.05, 0.1) is 6.61 Å². The highest BCUT2D eigenvalue weighted by Crippen LogP contribution is 2.20. The first-order valence-corrected chi connectivity index (χ1v) is 7.53. The summed E-state index contributed by atoms with van der Waals surface area (Å²) in [7, 11) is 0. The Balaban J connectivity index is 2.00. The van der Waals surface area contributed by atoms with Crippen LogP contribution in [0.4, 0.5) is 0 Å². The summed E-state index contributed by atoms with van der Waals surface area (Å²) in [5.74, 6) is 1.69. The van der Waals surface area contributed by atoms with Crippen molar-refractivity contribution in [2.75, 3.05) is 19.8 Å². The van der Waals surface area contributed by atoms with E-state index in [0.29, 0.717) is 12.0 Å². The molecule has 2 heterocycles. The molecule has 1 aliphatic rings. The average Bonchev–Trinajstić information content (AvgIpc) is 2.87. The number of nitrogens with zero attached hydrogens (tertiary/aromatic N) is 3. The van der Waals surface area contributed by atoms with Gasteiger partial charge in [0.2, 0.25) is 0 Å². The lowest BCUT2D eigenvalue weighted by molar-refractivity contribution is 0.0391. The fraction of sp³-hybridized carbons (Fsp3) is 0.857. The van der Waals surface area contributed by atoms with Crippen molar-refractivity contribution >= 4 is 0 Å². The van der Waals surface area contributed by atoms with E-state index in [1.54, 1.807) is 6.33 Å². The third-order valence-corrected chi connectivity index (χ3v) is 3.76. The van der Waals surface area contributed by atoms with Gasteiger partial charge >= 0.3 is 0 Å². The van der Waals surface area contributed by atoms with Gasteiger partial charge in [-0.2, -0.15) is 5.10 Å². The molecule has 1 aliphatic heterocycles. The molecule has 0 aliphatic carbocycles. The summed E-state index contributed by atoms with van der Waals surface area (Å²) in [5.41, 5.74) is 0. The molecule has 5 heteroatoms. The van der Waals surface area contributed by atoms with Crippen molar-refractivity contribution in [3.05, 3.63) is 12.2 Å². The van der Waals surface area contributed by atoms with Gasteiger partial charge < -0.3 is 10.1 Å². The minimum atomic E-state index is 0.449. The molecule has 0 bridgehead atoms. The molecule has 0 spiro atoms. The van der Waals surface area contributed by atoms with Gasteiger partial charge in [-0.25, -0.2) is 4.98 Å². The molecule has 1 N–H and O–H groups in total. The predicted molar refractivity (Wildman–Crippen MR) is 75.0 cm³/mol. The second kappa shape index (κ2) is 7.60. The van der Waals surface area contributed by atoms with Crippen molar-refractivity contribution in [2.24, 2.45) is 5.92 Å². The van der Waals surface area contributed by atoms with E-state index in [-0.39, 0.29) is 0 Å². The van der Waals surface area contributed by atoms with E-state index >= 15 is 0 Å². The first kappa shape index (κ1) is 14.5. The Morgan fingerprint density at radius 1 is 1.53 bits per heavy atom. The van der Waals surface area contributed by atoms with E-state index in [2.05, 4.69) is 29.2 Å². The molecule has 1 aromatic heterocycles. The van der Waals surface area contributed by atoms with Crippen molar-refractivity contribution < 1.29 is 4.74 Å². The molecule has 2 atom stereocenters. The van der Waals surface area contributed by atoms with Gasteiger partial charge in [-0.3, -0.25) is 4.68 Å². The Kier molecular flexibility index (Phi) is 5.79. The van der Waals surface area contributed by atoms with Crippen molar-refractivity contribution in [1.29, 1.82) is 0 Å². The van der Waals surface area contributed by atoms with E-state index in [9.17, 15) is 0 Å². The molecule has 1 saturated heterocycles. The summed E-state index contributed by atoms with van der Waals surface area (Å²) in [6.45, 7) is 8.06. The maximum atomic E-state index is 5.62. The molecule has 0 aromatic carbocycles. The fourth-order valence-electron chi connectivity index (χ4n) is 2.79. The molecule has 108 valence electrons. The summed E-state index contributed by atoms with van der Waals surface area (Å²) >= 11 is 0. The second-order valence-corrected chi connectivity index (χ2v) is 5.24. The molecule has 19 heavy (non-hydrogen) atoms. The van der Waals surface area contributed by atoms with E-state index in [4.69, 9.17) is 4.74 Å². The Labute approximate surface area is 115 Å².